The number of imide groups is 1. The fourth-order valence-corrected chi connectivity index (χ4v) is 4.68. The van der Waals surface area contributed by atoms with Crippen LogP contribution in [0.25, 0.3) is 0 Å². The summed E-state index contributed by atoms with van der Waals surface area (Å²) < 4.78 is 0. The van der Waals surface area contributed by atoms with Crippen LogP contribution < -0.4 is 5.32 Å². The molecule has 0 bridgehead atoms. The Morgan fingerprint density at radius 2 is 1.59 bits per heavy atom. The second kappa shape index (κ2) is 7.97. The molecule has 1 aromatic carbocycles. The Labute approximate surface area is 170 Å². The fourth-order valence-electron chi connectivity index (χ4n) is 4.68. The molecule has 0 aromatic heterocycles. The predicted molar refractivity (Wildman–Crippen MR) is 107 cm³/mol. The Morgan fingerprint density at radius 3 is 2.24 bits per heavy atom. The second-order valence-electron chi connectivity index (χ2n) is 8.29. The Morgan fingerprint density at radius 1 is 0.931 bits per heavy atom. The van der Waals surface area contributed by atoms with Gasteiger partial charge in [0.15, 0.2) is 0 Å². The van der Waals surface area contributed by atoms with Gasteiger partial charge < -0.3 is 10.2 Å². The first kappa shape index (κ1) is 19.6. The van der Waals surface area contributed by atoms with Crippen LogP contribution in [0.5, 0.6) is 0 Å². The maximum absolute atomic E-state index is 12.9. The third-order valence-electron chi connectivity index (χ3n) is 6.40. The molecule has 0 unspecified atom stereocenters. The summed E-state index contributed by atoms with van der Waals surface area (Å²) in [6.45, 7) is 2.82. The van der Waals surface area contributed by atoms with E-state index in [1.54, 1.807) is 30.0 Å². The number of fused-ring (bicyclic) bond motifs is 1. The minimum Gasteiger partial charge on any atom is -0.349 e. The van der Waals surface area contributed by atoms with Gasteiger partial charge in [-0.3, -0.25) is 24.1 Å². The summed E-state index contributed by atoms with van der Waals surface area (Å²) in [5.41, 5.74) is 1.12. The summed E-state index contributed by atoms with van der Waals surface area (Å²) in [5, 5.41) is 3.00. The summed E-state index contributed by atoms with van der Waals surface area (Å²) in [4.78, 5) is 53.0. The molecule has 2 aliphatic heterocycles. The van der Waals surface area contributed by atoms with E-state index < -0.39 is 0 Å². The molecule has 154 valence electrons. The van der Waals surface area contributed by atoms with Gasteiger partial charge in [0.1, 0.15) is 0 Å². The minimum atomic E-state index is -0.277. The van der Waals surface area contributed by atoms with Crippen molar-refractivity contribution in [3.05, 3.63) is 34.9 Å². The zero-order valence-electron chi connectivity index (χ0n) is 16.8. The van der Waals surface area contributed by atoms with Gasteiger partial charge in [0.25, 0.3) is 17.7 Å². The van der Waals surface area contributed by atoms with Gasteiger partial charge in [0.2, 0.25) is 5.91 Å². The highest BCUT2D eigenvalue weighted by molar-refractivity contribution is 6.22. The maximum Gasteiger partial charge on any atom is 0.261 e. The lowest BCUT2D eigenvalue weighted by Gasteiger charge is -2.31. The number of nitrogens with one attached hydrogen (secondary N) is 1. The Bertz CT molecular complexity index is 852. The lowest BCUT2D eigenvalue weighted by molar-refractivity contribution is -0.129. The molecule has 4 amide bonds. The fraction of sp³-hybridized carbons (Fsp3) is 0.545. The minimum absolute atomic E-state index is 0.00225. The van der Waals surface area contributed by atoms with Crippen LogP contribution in [-0.4, -0.2) is 58.6 Å². The average molecular weight is 397 g/mol. The van der Waals surface area contributed by atoms with Crippen LogP contribution in [0.1, 0.15) is 82.9 Å². The first-order valence-electron chi connectivity index (χ1n) is 10.5. The maximum atomic E-state index is 12.9. The van der Waals surface area contributed by atoms with Crippen molar-refractivity contribution in [2.45, 2.75) is 64.0 Å². The molecule has 1 aliphatic carbocycles. The van der Waals surface area contributed by atoms with Crippen LogP contribution in [0.2, 0.25) is 0 Å². The van der Waals surface area contributed by atoms with E-state index in [0.29, 0.717) is 42.6 Å². The Balaban J connectivity index is 1.45. The summed E-state index contributed by atoms with van der Waals surface area (Å²) in [5.74, 6) is -0.702. The normalized spacial score (nSPS) is 20.7. The van der Waals surface area contributed by atoms with E-state index in [1.807, 2.05) is 0 Å². The van der Waals surface area contributed by atoms with Gasteiger partial charge in [-0.25, -0.2) is 0 Å². The number of nitrogens with zero attached hydrogens (tertiary/aromatic N) is 2. The molecule has 7 heteroatoms. The molecule has 1 saturated carbocycles. The Kier molecular flexibility index (Phi) is 5.39. The van der Waals surface area contributed by atoms with Gasteiger partial charge in [0, 0.05) is 37.7 Å². The molecular formula is C22H27N3O4. The quantitative estimate of drug-likeness (QED) is 0.794. The molecule has 3 aliphatic rings. The molecule has 2 heterocycles. The van der Waals surface area contributed by atoms with Gasteiger partial charge in [0.05, 0.1) is 11.1 Å². The highest BCUT2D eigenvalue weighted by atomic mass is 16.2. The number of rotatable bonds is 3. The second-order valence-corrected chi connectivity index (χ2v) is 8.29. The topological polar surface area (TPSA) is 86.8 Å². The highest BCUT2D eigenvalue weighted by Crippen LogP contribution is 2.31. The van der Waals surface area contributed by atoms with Crippen LogP contribution in [-0.2, 0) is 4.79 Å². The molecular weight excluding hydrogens is 370 g/mol. The molecule has 0 radical (unpaired) electrons. The number of carbonyl (C=O) groups excluding carboxylic acids is 4. The van der Waals surface area contributed by atoms with Crippen LogP contribution in [0, 0.1) is 0 Å². The van der Waals surface area contributed by atoms with Crippen LogP contribution in [0.4, 0.5) is 0 Å². The van der Waals surface area contributed by atoms with E-state index in [2.05, 4.69) is 5.32 Å². The molecule has 1 aromatic rings. The number of benzene rings is 1. The molecule has 7 nitrogen and oxygen atoms in total. The molecule has 29 heavy (non-hydrogen) atoms. The number of hydrogen-bond acceptors (Lipinski definition) is 4. The lowest BCUT2D eigenvalue weighted by Crippen LogP contribution is -2.46. The van der Waals surface area contributed by atoms with E-state index in [-0.39, 0.29) is 35.7 Å². The third-order valence-corrected chi connectivity index (χ3v) is 6.40. The van der Waals surface area contributed by atoms with Crippen molar-refractivity contribution in [1.82, 2.24) is 15.1 Å². The average Bonchev–Trinajstić information content (AvgIpc) is 2.99. The van der Waals surface area contributed by atoms with Crippen molar-refractivity contribution in [3.8, 4) is 0 Å². The van der Waals surface area contributed by atoms with Gasteiger partial charge >= 0.3 is 0 Å². The predicted octanol–water partition coefficient (Wildman–Crippen LogP) is 2.36. The van der Waals surface area contributed by atoms with Crippen molar-refractivity contribution < 1.29 is 19.2 Å². The smallest absolute Gasteiger partial charge is 0.261 e. The SMILES string of the molecule is CC(=O)N1CCC(NC(=O)c2ccc3c(c2)C(=O)N(C2CCCCC2)C3=O)CC1. The van der Waals surface area contributed by atoms with E-state index in [1.165, 1.54) is 4.90 Å². The van der Waals surface area contributed by atoms with Crippen molar-refractivity contribution in [1.29, 1.82) is 0 Å². The molecule has 0 atom stereocenters. The van der Waals surface area contributed by atoms with Gasteiger partial charge in [-0.15, -0.1) is 0 Å². The number of likely N-dealkylation sites (tertiary alicyclic amines) is 1. The molecule has 1 N–H and O–H groups in total. The number of carbonyl (C=O) groups is 4. The monoisotopic (exact) mass is 397 g/mol. The van der Waals surface area contributed by atoms with Crippen molar-refractivity contribution in [2.75, 3.05) is 13.1 Å². The summed E-state index contributed by atoms with van der Waals surface area (Å²) >= 11 is 0. The number of piperidine rings is 1. The Hall–Kier alpha value is -2.70. The zero-order chi connectivity index (χ0) is 20.5. The van der Waals surface area contributed by atoms with Crippen LogP contribution >= 0.6 is 0 Å². The lowest BCUT2D eigenvalue weighted by atomic mass is 9.94. The largest absolute Gasteiger partial charge is 0.349 e. The van der Waals surface area contributed by atoms with Crippen molar-refractivity contribution >= 4 is 23.6 Å². The molecule has 1 saturated heterocycles. The standard InChI is InChI=1S/C22H27N3O4/c1-14(26)24-11-9-16(10-12-24)23-20(27)15-7-8-18-19(13-15)22(29)25(21(18)28)17-5-3-2-4-6-17/h7-8,13,16-17H,2-6,9-12H2,1H3,(H,23,27). The first-order valence-corrected chi connectivity index (χ1v) is 10.5. The van der Waals surface area contributed by atoms with Gasteiger partial charge in [-0.1, -0.05) is 19.3 Å². The summed E-state index contributed by atoms with van der Waals surface area (Å²) in [7, 11) is 0. The summed E-state index contributed by atoms with van der Waals surface area (Å²) in [6, 6.07) is 4.75. The molecule has 2 fully saturated rings. The zero-order valence-corrected chi connectivity index (χ0v) is 16.8. The van der Waals surface area contributed by atoms with Gasteiger partial charge in [-0.2, -0.15) is 0 Å². The van der Waals surface area contributed by atoms with E-state index >= 15 is 0 Å². The van der Waals surface area contributed by atoms with Crippen LogP contribution in [0.3, 0.4) is 0 Å². The first-order chi connectivity index (χ1) is 14.0. The number of hydrogen-bond donors (Lipinski definition) is 1. The van der Waals surface area contributed by atoms with E-state index in [4.69, 9.17) is 0 Å². The summed E-state index contributed by atoms with van der Waals surface area (Å²) in [6.07, 6.45) is 6.36. The number of amides is 4. The van der Waals surface area contributed by atoms with Gasteiger partial charge in [-0.05, 0) is 43.9 Å². The van der Waals surface area contributed by atoms with E-state index in [9.17, 15) is 19.2 Å². The molecule has 4 rings (SSSR count). The highest BCUT2D eigenvalue weighted by Gasteiger charge is 2.40. The van der Waals surface area contributed by atoms with E-state index in [0.717, 1.165) is 32.1 Å². The molecule has 0 spiro atoms. The van der Waals surface area contributed by atoms with Crippen LogP contribution in [0.15, 0.2) is 18.2 Å². The third kappa shape index (κ3) is 3.78. The van der Waals surface area contributed by atoms with Crippen molar-refractivity contribution in [3.63, 3.8) is 0 Å². The van der Waals surface area contributed by atoms with Crippen molar-refractivity contribution in [2.24, 2.45) is 0 Å².